The molecule has 0 aromatic rings. The smallest absolute Gasteiger partial charge is 0.0149 e. The predicted molar refractivity (Wildman–Crippen MR) is 32.1 cm³/mol. The molecule has 0 unspecified atom stereocenters. The van der Waals surface area contributed by atoms with E-state index in [0.29, 0.717) is 0 Å². The van der Waals surface area contributed by atoms with Gasteiger partial charge in [-0.2, -0.15) is 0 Å². The average Bonchev–Trinajstić information content (AvgIpc) is 0.811. The molecule has 0 amide bonds. The Morgan fingerprint density at radius 3 is 1.00 bits per heavy atom. The van der Waals surface area contributed by atoms with E-state index in [-0.39, 0.29) is 29.8 Å². The molecule has 6 heteroatoms. The molecule has 3 N–H and O–H groups in total. The Balaban J connectivity index is -0.0000000450. The Morgan fingerprint density at radius 2 is 1.00 bits per heavy atom. The third kappa shape index (κ3) is 69.0. The second-order valence-corrected chi connectivity index (χ2v) is 0.805. The fourth-order valence-electron chi connectivity index (χ4n) is 0. The summed E-state index contributed by atoms with van der Waals surface area (Å²) >= 11 is 0. The zero-order valence-electron chi connectivity index (χ0n) is 1.79. The number of rotatable bonds is 0. The summed E-state index contributed by atoms with van der Waals surface area (Å²) in [6.45, 7) is 0. The largest absolute Gasteiger partial charge is 0.0149 e. The van der Waals surface area contributed by atoms with E-state index in [2.05, 4.69) is 0 Å². The van der Waals surface area contributed by atoms with Crippen molar-refractivity contribution in [1.82, 2.24) is 0 Å². The molecule has 36 valence electrons. The van der Waals surface area contributed by atoms with Crippen molar-refractivity contribution in [2.75, 3.05) is 0 Å². The molecule has 0 aliphatic heterocycles. The minimum atomic E-state index is -2.62. The van der Waals surface area contributed by atoms with E-state index in [1.165, 1.54) is 0 Å². The van der Waals surface area contributed by atoms with E-state index >= 15 is 0 Å². The van der Waals surface area contributed by atoms with Crippen LogP contribution in [0.25, 0.3) is 0 Å². The Kier molecular flexibility index (Phi) is 24.8. The van der Waals surface area contributed by atoms with Crippen LogP contribution in [-0.2, 0) is 0 Å². The molecular formula is H8LiO3PSi. The first kappa shape index (κ1) is 15.7. The fraction of sp³-hybridized carbons (Fsp3) is 0. The number of hydrogen-bond acceptors (Lipinski definition) is 3. The third-order valence-corrected chi connectivity index (χ3v) is 0. The minimum Gasteiger partial charge on any atom is -0.0149 e. The average molecular weight is 122 g/mol. The van der Waals surface area contributed by atoms with Gasteiger partial charge in [0.15, 0.2) is 0 Å². The molecule has 0 aliphatic carbocycles. The minimum absolute atomic E-state index is 0. The van der Waals surface area contributed by atoms with Crippen LogP contribution in [0.5, 0.6) is 0 Å². The summed E-state index contributed by atoms with van der Waals surface area (Å²) in [6, 6.07) is 0. The molecule has 0 saturated heterocycles. The molecule has 6 heavy (non-hydrogen) atoms. The van der Waals surface area contributed by atoms with Crippen molar-refractivity contribution in [3.63, 3.8) is 0 Å². The maximum Gasteiger partial charge on any atom is -0.0149 e. The summed E-state index contributed by atoms with van der Waals surface area (Å²) in [4.78, 5) is 21.7. The van der Waals surface area contributed by atoms with Crippen LogP contribution in [0.2, 0.25) is 0 Å². The molecule has 0 saturated carbocycles. The van der Waals surface area contributed by atoms with Crippen LogP contribution in [0.15, 0.2) is 0 Å². The van der Waals surface area contributed by atoms with Crippen molar-refractivity contribution in [3.05, 3.63) is 0 Å². The van der Waals surface area contributed by atoms with Gasteiger partial charge < -0.3 is 14.7 Å². The molecule has 0 fully saturated rings. The molecule has 0 heterocycles. The van der Waals surface area contributed by atoms with E-state index in [4.69, 9.17) is 14.7 Å². The van der Waals surface area contributed by atoms with Crippen LogP contribution in [0.3, 0.4) is 0 Å². The van der Waals surface area contributed by atoms with Crippen LogP contribution < -0.4 is 0 Å². The third-order valence-electron chi connectivity index (χ3n) is 0. The normalized spacial score (nSPS) is 6.00. The summed E-state index contributed by atoms with van der Waals surface area (Å²) in [5, 5.41) is 0. The molecule has 0 spiro atoms. The summed E-state index contributed by atoms with van der Waals surface area (Å²) < 4.78 is 0. The van der Waals surface area contributed by atoms with Crippen molar-refractivity contribution in [3.8, 4) is 0 Å². The Labute approximate surface area is 53.6 Å². The van der Waals surface area contributed by atoms with Crippen molar-refractivity contribution in [2.45, 2.75) is 0 Å². The van der Waals surface area contributed by atoms with Crippen molar-refractivity contribution < 1.29 is 14.7 Å². The number of hydrogen-bond donors (Lipinski definition) is 3. The van der Waals surface area contributed by atoms with Crippen LogP contribution in [0.1, 0.15) is 0 Å². The fourth-order valence-corrected chi connectivity index (χ4v) is 0. The summed E-state index contributed by atoms with van der Waals surface area (Å²) in [5.41, 5.74) is 0. The molecule has 3 nitrogen and oxygen atoms in total. The first-order chi connectivity index (χ1) is 1.73. The summed E-state index contributed by atoms with van der Waals surface area (Å²) in [7, 11) is -2.62. The zero-order valence-corrected chi connectivity index (χ0v) is 2.68. The van der Waals surface area contributed by atoms with Crippen molar-refractivity contribution in [1.29, 1.82) is 0 Å². The quantitative estimate of drug-likeness (QED) is 0.238. The molecule has 0 aromatic carbocycles. The molecule has 0 radical (unpaired) electrons. The van der Waals surface area contributed by atoms with Crippen LogP contribution in [0.4, 0.5) is 0 Å². The van der Waals surface area contributed by atoms with E-state index in [9.17, 15) is 0 Å². The van der Waals surface area contributed by atoms with E-state index in [0.717, 1.165) is 0 Å². The zero-order chi connectivity index (χ0) is 3.58. The van der Waals surface area contributed by atoms with Gasteiger partial charge in [0.2, 0.25) is 0 Å². The van der Waals surface area contributed by atoms with Gasteiger partial charge in [-0.25, -0.2) is 0 Å². The molecule has 0 rings (SSSR count). The van der Waals surface area contributed by atoms with Gasteiger partial charge in [0.1, 0.15) is 0 Å². The van der Waals surface area contributed by atoms with Gasteiger partial charge in [0, 0.05) is 0 Å². The summed E-state index contributed by atoms with van der Waals surface area (Å²) in [5.74, 6) is 0. The maximum absolute atomic E-state index is 7.23. The standard InChI is InChI=1S/Li.H3O3P.H4Si.H/c;1-4(2)3;;/h;1-3H;1H4;. The molecule has 0 atom stereocenters. The van der Waals surface area contributed by atoms with Crippen molar-refractivity contribution in [2.24, 2.45) is 0 Å². The second-order valence-electron chi connectivity index (χ2n) is 0.268. The van der Waals surface area contributed by atoms with E-state index in [1.807, 2.05) is 0 Å². The second kappa shape index (κ2) is 9.45. The van der Waals surface area contributed by atoms with E-state index in [1.54, 1.807) is 0 Å². The topological polar surface area (TPSA) is 60.7 Å². The van der Waals surface area contributed by atoms with Gasteiger partial charge >= 0.3 is 27.5 Å². The summed E-state index contributed by atoms with van der Waals surface area (Å²) in [6.07, 6.45) is 0. The SMILES string of the molecule is OP(O)O.[LiH].[SiH4]. The molecule has 0 aliphatic rings. The van der Waals surface area contributed by atoms with Gasteiger partial charge in [-0.3, -0.25) is 0 Å². The van der Waals surface area contributed by atoms with Crippen LogP contribution >= 0.6 is 8.60 Å². The molecule has 0 bridgehead atoms. The van der Waals surface area contributed by atoms with Gasteiger partial charge in [-0.1, -0.05) is 0 Å². The van der Waals surface area contributed by atoms with Crippen LogP contribution in [-0.4, -0.2) is 44.5 Å². The molecule has 0 aromatic heterocycles. The Morgan fingerprint density at radius 1 is 1.00 bits per heavy atom. The Bertz CT molecular complexity index is 15.5. The monoisotopic (exact) mass is 122 g/mol. The maximum atomic E-state index is 7.23. The van der Waals surface area contributed by atoms with Gasteiger partial charge in [0.25, 0.3) is 0 Å². The van der Waals surface area contributed by atoms with E-state index < -0.39 is 8.60 Å². The molecular weight excluding hydrogens is 114 g/mol. The first-order valence-electron chi connectivity index (χ1n) is 0.600. The predicted octanol–water partition coefficient (Wildman–Crippen LogP) is -2.91. The van der Waals surface area contributed by atoms with Gasteiger partial charge in [0.05, 0.1) is 0 Å². The van der Waals surface area contributed by atoms with Crippen molar-refractivity contribution >= 4 is 38.4 Å². The first-order valence-corrected chi connectivity index (χ1v) is 1.80. The van der Waals surface area contributed by atoms with Crippen LogP contribution in [0, 0.1) is 0 Å². The van der Waals surface area contributed by atoms with Gasteiger partial charge in [-0.05, 0) is 11.0 Å². The Hall–Kier alpha value is 1.12. The van der Waals surface area contributed by atoms with Gasteiger partial charge in [-0.15, -0.1) is 0 Å².